The lowest BCUT2D eigenvalue weighted by Gasteiger charge is -2.55. The third-order valence-corrected chi connectivity index (χ3v) is 6.57. The number of hydrogen-bond donors (Lipinski definition) is 0. The van der Waals surface area contributed by atoms with Gasteiger partial charge < -0.3 is 4.74 Å². The molecule has 4 rings (SSSR count). The minimum Gasteiger partial charge on any atom is -0.457 e. The first-order valence-electron chi connectivity index (χ1n) is 6.80. The number of rotatable bonds is 0. The van der Waals surface area contributed by atoms with Crippen LogP contribution in [0.1, 0.15) is 52.4 Å². The zero-order valence-electron chi connectivity index (χ0n) is 10.2. The summed E-state index contributed by atoms with van der Waals surface area (Å²) in [6, 6.07) is 0. The SMILES string of the molecule is CC1(C)C2CCCC2[C@@]23CCC[C@@]12OC3=O. The Morgan fingerprint density at radius 1 is 1.12 bits per heavy atom. The summed E-state index contributed by atoms with van der Waals surface area (Å²) in [6.45, 7) is 4.71. The first-order chi connectivity index (χ1) is 7.56. The average Bonchev–Trinajstić information content (AvgIpc) is 2.80. The van der Waals surface area contributed by atoms with E-state index in [2.05, 4.69) is 13.8 Å². The Morgan fingerprint density at radius 3 is 2.62 bits per heavy atom. The van der Waals surface area contributed by atoms with Crippen molar-refractivity contribution in [2.75, 3.05) is 0 Å². The van der Waals surface area contributed by atoms with Crippen LogP contribution in [0, 0.1) is 22.7 Å². The van der Waals surface area contributed by atoms with Crippen molar-refractivity contribution >= 4 is 5.97 Å². The number of ether oxygens (including phenoxy) is 1. The van der Waals surface area contributed by atoms with Gasteiger partial charge in [-0.15, -0.1) is 0 Å². The Labute approximate surface area is 96.7 Å². The monoisotopic (exact) mass is 220 g/mol. The quantitative estimate of drug-likeness (QED) is 0.587. The molecular weight excluding hydrogens is 200 g/mol. The van der Waals surface area contributed by atoms with E-state index < -0.39 is 0 Å². The Balaban J connectivity index is 1.94. The molecule has 4 aliphatic rings. The van der Waals surface area contributed by atoms with E-state index in [0.29, 0.717) is 5.92 Å². The Kier molecular flexibility index (Phi) is 1.39. The molecule has 0 aromatic heterocycles. The zero-order valence-corrected chi connectivity index (χ0v) is 10.2. The van der Waals surface area contributed by atoms with E-state index in [1.165, 1.54) is 25.7 Å². The topological polar surface area (TPSA) is 26.3 Å². The van der Waals surface area contributed by atoms with E-state index in [-0.39, 0.29) is 22.4 Å². The fourth-order valence-corrected chi connectivity index (χ4v) is 6.03. The molecule has 3 aliphatic carbocycles. The van der Waals surface area contributed by atoms with Crippen molar-refractivity contribution in [1.29, 1.82) is 0 Å². The largest absolute Gasteiger partial charge is 0.457 e. The van der Waals surface area contributed by atoms with E-state index in [4.69, 9.17) is 4.74 Å². The molecule has 0 aromatic rings. The van der Waals surface area contributed by atoms with Crippen molar-refractivity contribution in [1.82, 2.24) is 0 Å². The van der Waals surface area contributed by atoms with E-state index in [1.54, 1.807) is 0 Å². The third kappa shape index (κ3) is 0.613. The summed E-state index contributed by atoms with van der Waals surface area (Å²) in [4.78, 5) is 12.1. The maximum Gasteiger partial charge on any atom is 0.317 e. The molecule has 2 unspecified atom stereocenters. The van der Waals surface area contributed by atoms with E-state index >= 15 is 0 Å². The first kappa shape index (κ1) is 9.49. The molecule has 16 heavy (non-hydrogen) atoms. The maximum atomic E-state index is 12.1. The molecule has 0 aromatic carbocycles. The normalized spacial score (nSPS) is 56.2. The third-order valence-electron chi connectivity index (χ3n) is 6.57. The highest BCUT2D eigenvalue weighted by molar-refractivity contribution is 5.87. The van der Waals surface area contributed by atoms with Crippen LogP contribution in [-0.4, -0.2) is 11.6 Å². The molecule has 4 fully saturated rings. The molecule has 3 saturated carbocycles. The molecule has 1 saturated heterocycles. The van der Waals surface area contributed by atoms with Crippen molar-refractivity contribution in [3.8, 4) is 0 Å². The van der Waals surface area contributed by atoms with Gasteiger partial charge in [-0.3, -0.25) is 4.79 Å². The molecule has 0 N–H and O–H groups in total. The predicted octanol–water partition coefficient (Wildman–Crippen LogP) is 2.91. The minimum absolute atomic E-state index is 0.0440. The van der Waals surface area contributed by atoms with E-state index in [1.807, 2.05) is 0 Å². The van der Waals surface area contributed by atoms with Gasteiger partial charge in [-0.1, -0.05) is 20.3 Å². The Hall–Kier alpha value is -0.530. The lowest BCUT2D eigenvalue weighted by atomic mass is 9.61. The molecule has 2 nitrogen and oxygen atoms in total. The highest BCUT2D eigenvalue weighted by Gasteiger charge is 2.85. The molecule has 0 spiro atoms. The summed E-state index contributed by atoms with van der Waals surface area (Å²) >= 11 is 0. The number of carbonyl (C=O) groups is 1. The standard InChI is InChI=1S/C14H20O2/c1-12(2)9-5-3-6-10(9)13-7-4-8-14(12,13)16-11(13)15/h9-10H,3-8H2,1-2H3/t9?,10?,13-,14-/m1/s1. The second-order valence-electron chi connectivity index (χ2n) is 6.91. The van der Waals surface area contributed by atoms with Crippen LogP contribution in [0.4, 0.5) is 0 Å². The van der Waals surface area contributed by atoms with Crippen molar-refractivity contribution in [3.63, 3.8) is 0 Å². The molecule has 2 heteroatoms. The predicted molar refractivity (Wildman–Crippen MR) is 59.7 cm³/mol. The number of esters is 1. The van der Waals surface area contributed by atoms with E-state index in [0.717, 1.165) is 18.8 Å². The molecule has 88 valence electrons. The van der Waals surface area contributed by atoms with Crippen LogP contribution >= 0.6 is 0 Å². The van der Waals surface area contributed by atoms with Crippen LogP contribution in [0.5, 0.6) is 0 Å². The van der Waals surface area contributed by atoms with Crippen LogP contribution in [0.25, 0.3) is 0 Å². The van der Waals surface area contributed by atoms with Gasteiger partial charge in [-0.2, -0.15) is 0 Å². The maximum absolute atomic E-state index is 12.1. The Bertz CT molecular complexity index is 386. The van der Waals surface area contributed by atoms with Gasteiger partial charge in [0.2, 0.25) is 0 Å². The lowest BCUT2D eigenvalue weighted by molar-refractivity contribution is -0.252. The van der Waals surface area contributed by atoms with Crippen LogP contribution < -0.4 is 0 Å². The van der Waals surface area contributed by atoms with Gasteiger partial charge in [-0.05, 0) is 43.9 Å². The summed E-state index contributed by atoms with van der Waals surface area (Å²) in [5, 5.41) is 0. The van der Waals surface area contributed by atoms with Crippen molar-refractivity contribution < 1.29 is 9.53 Å². The van der Waals surface area contributed by atoms with Gasteiger partial charge in [-0.25, -0.2) is 0 Å². The van der Waals surface area contributed by atoms with Crippen LogP contribution in [-0.2, 0) is 9.53 Å². The number of fused-ring (bicyclic) bond motifs is 1. The van der Waals surface area contributed by atoms with Crippen molar-refractivity contribution in [2.24, 2.45) is 22.7 Å². The second-order valence-corrected chi connectivity index (χ2v) is 6.91. The van der Waals surface area contributed by atoms with Crippen LogP contribution in [0.3, 0.4) is 0 Å². The fraction of sp³-hybridized carbons (Fsp3) is 0.929. The van der Waals surface area contributed by atoms with Gasteiger partial charge in [0.15, 0.2) is 0 Å². The fourth-order valence-electron chi connectivity index (χ4n) is 6.03. The highest BCUT2D eigenvalue weighted by atomic mass is 16.6. The smallest absolute Gasteiger partial charge is 0.317 e. The van der Waals surface area contributed by atoms with Gasteiger partial charge >= 0.3 is 5.97 Å². The van der Waals surface area contributed by atoms with Gasteiger partial charge in [0.1, 0.15) is 11.0 Å². The van der Waals surface area contributed by atoms with Crippen LogP contribution in [0.15, 0.2) is 0 Å². The van der Waals surface area contributed by atoms with Crippen molar-refractivity contribution in [3.05, 3.63) is 0 Å². The summed E-state index contributed by atoms with van der Waals surface area (Å²) in [5.74, 6) is 1.53. The summed E-state index contributed by atoms with van der Waals surface area (Å²) in [6.07, 6.45) is 7.33. The zero-order chi connectivity index (χ0) is 11.2. The minimum atomic E-state index is -0.0627. The molecule has 1 heterocycles. The van der Waals surface area contributed by atoms with Gasteiger partial charge in [0.05, 0.1) is 0 Å². The van der Waals surface area contributed by atoms with Gasteiger partial charge in [0, 0.05) is 5.41 Å². The molecule has 0 radical (unpaired) electrons. The van der Waals surface area contributed by atoms with Crippen molar-refractivity contribution in [2.45, 2.75) is 58.0 Å². The second kappa shape index (κ2) is 2.34. The average molecular weight is 220 g/mol. The summed E-state index contributed by atoms with van der Waals surface area (Å²) < 4.78 is 5.78. The summed E-state index contributed by atoms with van der Waals surface area (Å²) in [7, 11) is 0. The molecule has 0 amide bonds. The number of carbonyl (C=O) groups excluding carboxylic acids is 1. The number of hydrogen-bond acceptors (Lipinski definition) is 2. The molecule has 0 bridgehead atoms. The molecular formula is C14H20O2. The highest BCUT2D eigenvalue weighted by Crippen LogP contribution is 2.79. The van der Waals surface area contributed by atoms with Gasteiger partial charge in [0.25, 0.3) is 0 Å². The Morgan fingerprint density at radius 2 is 1.88 bits per heavy atom. The van der Waals surface area contributed by atoms with E-state index in [9.17, 15) is 4.79 Å². The first-order valence-corrected chi connectivity index (χ1v) is 6.80. The molecule has 1 aliphatic heterocycles. The molecule has 4 atom stereocenters. The lowest BCUT2D eigenvalue weighted by Crippen LogP contribution is -2.67. The van der Waals surface area contributed by atoms with Crippen LogP contribution in [0.2, 0.25) is 0 Å². The summed E-state index contributed by atoms with van der Waals surface area (Å²) in [5.41, 5.74) is 0.114.